The summed E-state index contributed by atoms with van der Waals surface area (Å²) in [5.74, 6) is 0. The molecule has 0 saturated heterocycles. The molecule has 0 radical (unpaired) electrons. The summed E-state index contributed by atoms with van der Waals surface area (Å²) in [6.07, 6.45) is 2.11. The van der Waals surface area contributed by atoms with Gasteiger partial charge in [-0.15, -0.1) is 12.4 Å². The highest BCUT2D eigenvalue weighted by molar-refractivity contribution is 7.90. The molecule has 1 aromatic carbocycles. The highest BCUT2D eigenvalue weighted by Crippen LogP contribution is 2.33. The van der Waals surface area contributed by atoms with Crippen molar-refractivity contribution < 1.29 is 8.42 Å². The lowest BCUT2D eigenvalue weighted by molar-refractivity contribution is 0.592. The molecule has 0 spiro atoms. The first-order valence-corrected chi connectivity index (χ1v) is 6.78. The highest BCUT2D eigenvalue weighted by Gasteiger charge is 2.27. The van der Waals surface area contributed by atoms with Gasteiger partial charge in [0.2, 0.25) is 0 Å². The first-order valence-electron chi connectivity index (χ1n) is 4.89. The molecule has 1 aliphatic rings. The van der Waals surface area contributed by atoms with E-state index in [9.17, 15) is 8.42 Å². The van der Waals surface area contributed by atoms with E-state index in [1.54, 1.807) is 12.1 Å². The van der Waals surface area contributed by atoms with Gasteiger partial charge in [0.25, 0.3) is 0 Å². The van der Waals surface area contributed by atoms with E-state index in [1.165, 1.54) is 6.26 Å². The Bertz CT molecular complexity index is 509. The Morgan fingerprint density at radius 1 is 1.31 bits per heavy atom. The van der Waals surface area contributed by atoms with E-state index in [-0.39, 0.29) is 17.9 Å². The fourth-order valence-electron chi connectivity index (χ4n) is 1.95. The number of rotatable bonds is 1. The molecule has 0 bridgehead atoms. The van der Waals surface area contributed by atoms with Gasteiger partial charge in [0.1, 0.15) is 0 Å². The van der Waals surface area contributed by atoms with Crippen molar-refractivity contribution in [2.24, 2.45) is 0 Å². The van der Waals surface area contributed by atoms with Crippen molar-refractivity contribution in [3.05, 3.63) is 23.8 Å². The van der Waals surface area contributed by atoms with Gasteiger partial charge in [-0.1, -0.05) is 0 Å². The molecule has 0 unspecified atom stereocenters. The summed E-state index contributed by atoms with van der Waals surface area (Å²) < 4.78 is 22.7. The van der Waals surface area contributed by atoms with E-state index >= 15 is 0 Å². The second-order valence-electron chi connectivity index (χ2n) is 4.78. The standard InChI is InChI=1S/C11H15NO2S.ClH/c1-11(2)7-8-6-9(15(3,13)14)4-5-10(8)12-11;/h4-6,12H,7H2,1-3H3;1H. The summed E-state index contributed by atoms with van der Waals surface area (Å²) in [5, 5.41) is 3.36. The molecule has 0 fully saturated rings. The Labute approximate surface area is 103 Å². The Kier molecular flexibility index (Phi) is 3.27. The van der Waals surface area contributed by atoms with Crippen molar-refractivity contribution in [1.82, 2.24) is 0 Å². The Balaban J connectivity index is 0.00000128. The fraction of sp³-hybridized carbons (Fsp3) is 0.455. The van der Waals surface area contributed by atoms with E-state index in [2.05, 4.69) is 19.2 Å². The molecule has 0 aromatic heterocycles. The van der Waals surface area contributed by atoms with Crippen LogP contribution in [0, 0.1) is 0 Å². The third-order valence-electron chi connectivity index (χ3n) is 2.61. The molecule has 90 valence electrons. The number of halogens is 1. The maximum absolute atomic E-state index is 11.4. The van der Waals surface area contributed by atoms with Crippen LogP contribution in [-0.2, 0) is 16.3 Å². The van der Waals surface area contributed by atoms with Gasteiger partial charge in [-0.25, -0.2) is 8.42 Å². The minimum absolute atomic E-state index is 0. The lowest BCUT2D eigenvalue weighted by Gasteiger charge is -2.17. The summed E-state index contributed by atoms with van der Waals surface area (Å²) >= 11 is 0. The monoisotopic (exact) mass is 261 g/mol. The lowest BCUT2D eigenvalue weighted by atomic mass is 10.0. The number of hydrogen-bond acceptors (Lipinski definition) is 3. The quantitative estimate of drug-likeness (QED) is 0.844. The number of benzene rings is 1. The maximum Gasteiger partial charge on any atom is 0.175 e. The van der Waals surface area contributed by atoms with Gasteiger partial charge in [-0.05, 0) is 44.0 Å². The molecule has 0 saturated carbocycles. The van der Waals surface area contributed by atoms with Crippen molar-refractivity contribution in [3.63, 3.8) is 0 Å². The van der Waals surface area contributed by atoms with Crippen LogP contribution in [0.2, 0.25) is 0 Å². The van der Waals surface area contributed by atoms with Crippen LogP contribution in [0.25, 0.3) is 0 Å². The summed E-state index contributed by atoms with van der Waals surface area (Å²) in [6.45, 7) is 4.21. The molecular formula is C11H16ClNO2S. The molecule has 0 aliphatic carbocycles. The first kappa shape index (κ1) is 13.3. The summed E-state index contributed by atoms with van der Waals surface area (Å²) in [5.41, 5.74) is 2.16. The molecular weight excluding hydrogens is 246 g/mol. The molecule has 0 amide bonds. The second kappa shape index (κ2) is 3.93. The van der Waals surface area contributed by atoms with E-state index in [0.717, 1.165) is 17.7 Å². The molecule has 1 aromatic rings. The van der Waals surface area contributed by atoms with Crippen LogP contribution in [0.5, 0.6) is 0 Å². The van der Waals surface area contributed by atoms with Crippen LogP contribution in [0.4, 0.5) is 5.69 Å². The van der Waals surface area contributed by atoms with Crippen molar-refractivity contribution in [2.75, 3.05) is 11.6 Å². The van der Waals surface area contributed by atoms with Crippen molar-refractivity contribution in [3.8, 4) is 0 Å². The minimum Gasteiger partial charge on any atom is -0.380 e. The van der Waals surface area contributed by atoms with Gasteiger partial charge >= 0.3 is 0 Å². The molecule has 1 aliphatic heterocycles. The smallest absolute Gasteiger partial charge is 0.175 e. The van der Waals surface area contributed by atoms with E-state index in [4.69, 9.17) is 0 Å². The van der Waals surface area contributed by atoms with Gasteiger partial charge in [-0.2, -0.15) is 0 Å². The maximum atomic E-state index is 11.4. The van der Waals surface area contributed by atoms with Crippen molar-refractivity contribution in [2.45, 2.75) is 30.7 Å². The Morgan fingerprint density at radius 3 is 2.50 bits per heavy atom. The van der Waals surface area contributed by atoms with Crippen molar-refractivity contribution >= 4 is 27.9 Å². The second-order valence-corrected chi connectivity index (χ2v) is 6.79. The number of nitrogens with one attached hydrogen (secondary N) is 1. The molecule has 5 heteroatoms. The van der Waals surface area contributed by atoms with E-state index in [1.807, 2.05) is 6.07 Å². The average Bonchev–Trinajstić information content (AvgIpc) is 2.34. The molecule has 3 nitrogen and oxygen atoms in total. The van der Waals surface area contributed by atoms with Crippen LogP contribution in [0.15, 0.2) is 23.1 Å². The molecule has 1 heterocycles. The van der Waals surface area contributed by atoms with E-state index in [0.29, 0.717) is 4.90 Å². The van der Waals surface area contributed by atoms with Crippen LogP contribution < -0.4 is 5.32 Å². The predicted octanol–water partition coefficient (Wildman–Crippen LogP) is 2.26. The zero-order chi connectivity index (χ0) is 11.3. The van der Waals surface area contributed by atoms with E-state index < -0.39 is 9.84 Å². The Morgan fingerprint density at radius 2 is 1.94 bits per heavy atom. The molecule has 16 heavy (non-hydrogen) atoms. The third kappa shape index (κ3) is 2.50. The van der Waals surface area contributed by atoms with Gasteiger partial charge in [0, 0.05) is 17.5 Å². The minimum atomic E-state index is -3.09. The molecule has 2 rings (SSSR count). The normalized spacial score (nSPS) is 17.2. The van der Waals surface area contributed by atoms with Crippen LogP contribution in [-0.4, -0.2) is 20.2 Å². The highest BCUT2D eigenvalue weighted by atomic mass is 35.5. The van der Waals surface area contributed by atoms with Gasteiger partial charge in [-0.3, -0.25) is 0 Å². The zero-order valence-electron chi connectivity index (χ0n) is 9.57. The lowest BCUT2D eigenvalue weighted by Crippen LogP contribution is -2.26. The number of fused-ring (bicyclic) bond motifs is 1. The largest absolute Gasteiger partial charge is 0.380 e. The van der Waals surface area contributed by atoms with Crippen LogP contribution >= 0.6 is 12.4 Å². The fourth-order valence-corrected chi connectivity index (χ4v) is 2.63. The van der Waals surface area contributed by atoms with Crippen LogP contribution in [0.1, 0.15) is 19.4 Å². The number of hydrogen-bond donors (Lipinski definition) is 1. The van der Waals surface area contributed by atoms with Gasteiger partial charge in [0.15, 0.2) is 9.84 Å². The summed E-state index contributed by atoms with van der Waals surface area (Å²) in [6, 6.07) is 5.27. The topological polar surface area (TPSA) is 46.2 Å². The first-order chi connectivity index (χ1) is 6.78. The molecule has 0 atom stereocenters. The third-order valence-corrected chi connectivity index (χ3v) is 3.72. The Hall–Kier alpha value is -0.740. The zero-order valence-corrected chi connectivity index (χ0v) is 11.2. The molecule has 1 N–H and O–H groups in total. The average molecular weight is 262 g/mol. The van der Waals surface area contributed by atoms with Gasteiger partial charge in [0.05, 0.1) is 4.90 Å². The van der Waals surface area contributed by atoms with Crippen LogP contribution in [0.3, 0.4) is 0 Å². The predicted molar refractivity (Wildman–Crippen MR) is 68.2 cm³/mol. The number of sulfone groups is 1. The van der Waals surface area contributed by atoms with Crippen molar-refractivity contribution in [1.29, 1.82) is 0 Å². The number of anilines is 1. The summed E-state index contributed by atoms with van der Waals surface area (Å²) in [4.78, 5) is 0.403. The van der Waals surface area contributed by atoms with Gasteiger partial charge < -0.3 is 5.32 Å². The summed E-state index contributed by atoms with van der Waals surface area (Å²) in [7, 11) is -3.09. The SMILES string of the molecule is CC1(C)Cc2cc(S(C)(=O)=O)ccc2N1.Cl.